The van der Waals surface area contributed by atoms with E-state index in [0.29, 0.717) is 5.56 Å². The fourth-order valence-corrected chi connectivity index (χ4v) is 1.60. The molecule has 3 heteroatoms. The number of carbonyl (C=O) groups is 1. The molecule has 1 aromatic heterocycles. The highest BCUT2D eigenvalue weighted by atomic mass is 79.9. The summed E-state index contributed by atoms with van der Waals surface area (Å²) in [6.07, 6.45) is 2.51. The van der Waals surface area contributed by atoms with E-state index < -0.39 is 0 Å². The number of aromatic nitrogens is 1. The Morgan fingerprint density at radius 1 is 1.38 bits per heavy atom. The first-order valence-electron chi connectivity index (χ1n) is 3.81. The van der Waals surface area contributed by atoms with Crippen LogP contribution in [-0.4, -0.2) is 11.3 Å². The molecule has 64 valence electrons. The third-order valence-electron chi connectivity index (χ3n) is 1.84. The van der Waals surface area contributed by atoms with E-state index in [1.54, 1.807) is 12.3 Å². The number of hydrogen-bond acceptors (Lipinski definition) is 2. The molecule has 0 atom stereocenters. The van der Waals surface area contributed by atoms with Gasteiger partial charge < -0.3 is 0 Å². The van der Waals surface area contributed by atoms with E-state index in [9.17, 15) is 4.79 Å². The highest BCUT2D eigenvalue weighted by Gasteiger charge is 2.00. The van der Waals surface area contributed by atoms with Crippen molar-refractivity contribution < 1.29 is 4.79 Å². The molecule has 2 aromatic rings. The monoisotopic (exact) mass is 235 g/mol. The quantitative estimate of drug-likeness (QED) is 0.712. The summed E-state index contributed by atoms with van der Waals surface area (Å²) in [4.78, 5) is 14.8. The van der Waals surface area contributed by atoms with Crippen LogP contribution >= 0.6 is 15.9 Å². The first kappa shape index (κ1) is 8.38. The van der Waals surface area contributed by atoms with Crippen LogP contribution < -0.4 is 0 Å². The van der Waals surface area contributed by atoms with Gasteiger partial charge in [0, 0.05) is 21.6 Å². The van der Waals surface area contributed by atoms with Gasteiger partial charge in [-0.25, -0.2) is 0 Å². The maximum atomic E-state index is 10.7. The molecule has 0 saturated carbocycles. The van der Waals surface area contributed by atoms with Gasteiger partial charge in [0.1, 0.15) is 0 Å². The third-order valence-corrected chi connectivity index (χ3v) is 2.27. The van der Waals surface area contributed by atoms with Crippen molar-refractivity contribution >= 4 is 33.1 Å². The average molecular weight is 236 g/mol. The van der Waals surface area contributed by atoms with Gasteiger partial charge >= 0.3 is 0 Å². The van der Waals surface area contributed by atoms with Crippen LogP contribution in [0.15, 0.2) is 34.9 Å². The van der Waals surface area contributed by atoms with Crippen molar-refractivity contribution in [1.29, 1.82) is 0 Å². The number of aldehydes is 1. The summed E-state index contributed by atoms with van der Waals surface area (Å²) in [7, 11) is 0. The van der Waals surface area contributed by atoms with Crippen LogP contribution in [0.5, 0.6) is 0 Å². The predicted molar refractivity (Wildman–Crippen MR) is 54.8 cm³/mol. The van der Waals surface area contributed by atoms with E-state index >= 15 is 0 Å². The van der Waals surface area contributed by atoms with E-state index in [2.05, 4.69) is 20.9 Å². The van der Waals surface area contributed by atoms with Gasteiger partial charge in [0.25, 0.3) is 0 Å². The van der Waals surface area contributed by atoms with Gasteiger partial charge in [0.05, 0.1) is 5.52 Å². The maximum absolute atomic E-state index is 10.7. The zero-order valence-corrected chi connectivity index (χ0v) is 8.28. The van der Waals surface area contributed by atoms with E-state index in [1.165, 1.54) is 0 Å². The van der Waals surface area contributed by atoms with Crippen molar-refractivity contribution in [1.82, 2.24) is 4.98 Å². The lowest BCUT2D eigenvalue weighted by Gasteiger charge is -1.99. The molecule has 0 bridgehead atoms. The standard InChI is InChI=1S/C10H6BrNO/c11-9-4-7-2-1-3-8(6-13)10(7)12-5-9/h1-6H. The molecule has 0 aliphatic carbocycles. The fraction of sp³-hybridized carbons (Fsp3) is 0. The molecule has 0 radical (unpaired) electrons. The van der Waals surface area contributed by atoms with E-state index in [0.717, 1.165) is 21.7 Å². The number of rotatable bonds is 1. The summed E-state index contributed by atoms with van der Waals surface area (Å²) >= 11 is 3.33. The molecule has 0 unspecified atom stereocenters. The van der Waals surface area contributed by atoms with Crippen molar-refractivity contribution in [3.8, 4) is 0 Å². The molecule has 0 aliphatic heterocycles. The van der Waals surface area contributed by atoms with Crippen molar-refractivity contribution in [2.24, 2.45) is 0 Å². The molecule has 0 amide bonds. The number of benzene rings is 1. The zero-order chi connectivity index (χ0) is 9.26. The van der Waals surface area contributed by atoms with Crippen molar-refractivity contribution in [2.75, 3.05) is 0 Å². The molecule has 0 saturated heterocycles. The Bertz CT molecular complexity index is 467. The Hall–Kier alpha value is -1.22. The van der Waals surface area contributed by atoms with E-state index in [1.807, 2.05) is 18.2 Å². The molecule has 0 fully saturated rings. The smallest absolute Gasteiger partial charge is 0.152 e. The van der Waals surface area contributed by atoms with Gasteiger partial charge in [-0.15, -0.1) is 0 Å². The number of nitrogens with zero attached hydrogens (tertiary/aromatic N) is 1. The Kier molecular flexibility index (Phi) is 2.10. The summed E-state index contributed by atoms with van der Waals surface area (Å²) in [5.41, 5.74) is 1.38. The Morgan fingerprint density at radius 2 is 2.23 bits per heavy atom. The van der Waals surface area contributed by atoms with Crippen LogP contribution in [0.1, 0.15) is 10.4 Å². The topological polar surface area (TPSA) is 30.0 Å². The van der Waals surface area contributed by atoms with E-state index in [4.69, 9.17) is 0 Å². The van der Waals surface area contributed by atoms with Crippen LogP contribution in [0.25, 0.3) is 10.9 Å². The Morgan fingerprint density at radius 3 is 3.00 bits per heavy atom. The molecule has 13 heavy (non-hydrogen) atoms. The minimum atomic E-state index is 0.630. The molecular formula is C10H6BrNO. The third kappa shape index (κ3) is 1.47. The van der Waals surface area contributed by atoms with Crippen LogP contribution in [0.3, 0.4) is 0 Å². The second-order valence-corrected chi connectivity index (χ2v) is 3.61. The van der Waals surface area contributed by atoms with Gasteiger partial charge in [-0.3, -0.25) is 9.78 Å². The lowest BCUT2D eigenvalue weighted by atomic mass is 10.1. The normalized spacial score (nSPS) is 10.2. The number of hydrogen-bond donors (Lipinski definition) is 0. The van der Waals surface area contributed by atoms with Gasteiger partial charge in [-0.1, -0.05) is 12.1 Å². The number of pyridine rings is 1. The number of fused-ring (bicyclic) bond motifs is 1. The number of carbonyl (C=O) groups excluding carboxylic acids is 1. The molecular weight excluding hydrogens is 230 g/mol. The number of para-hydroxylation sites is 1. The highest BCUT2D eigenvalue weighted by Crippen LogP contribution is 2.18. The summed E-state index contributed by atoms with van der Waals surface area (Å²) in [5, 5.41) is 0.971. The van der Waals surface area contributed by atoms with E-state index in [-0.39, 0.29) is 0 Å². The molecule has 2 rings (SSSR count). The lowest BCUT2D eigenvalue weighted by molar-refractivity contribution is 0.112. The molecule has 0 N–H and O–H groups in total. The van der Waals surface area contributed by atoms with Gasteiger partial charge in [-0.05, 0) is 28.1 Å². The van der Waals surface area contributed by atoms with Crippen LogP contribution in [-0.2, 0) is 0 Å². The minimum absolute atomic E-state index is 0.630. The fourth-order valence-electron chi connectivity index (χ4n) is 1.25. The summed E-state index contributed by atoms with van der Waals surface area (Å²) in [6.45, 7) is 0. The zero-order valence-electron chi connectivity index (χ0n) is 6.70. The Balaban J connectivity index is 2.84. The number of halogens is 1. The average Bonchev–Trinajstić information content (AvgIpc) is 2.16. The first-order valence-corrected chi connectivity index (χ1v) is 4.60. The van der Waals surface area contributed by atoms with Crippen LogP contribution in [0.2, 0.25) is 0 Å². The van der Waals surface area contributed by atoms with Crippen molar-refractivity contribution in [3.05, 3.63) is 40.5 Å². The second kappa shape index (κ2) is 3.26. The summed E-state index contributed by atoms with van der Waals surface area (Å²) in [6, 6.07) is 7.48. The highest BCUT2D eigenvalue weighted by molar-refractivity contribution is 9.10. The van der Waals surface area contributed by atoms with Crippen LogP contribution in [0, 0.1) is 0 Å². The van der Waals surface area contributed by atoms with Gasteiger partial charge in [0.15, 0.2) is 6.29 Å². The molecule has 0 aliphatic rings. The largest absolute Gasteiger partial charge is 0.298 e. The van der Waals surface area contributed by atoms with Gasteiger partial charge in [-0.2, -0.15) is 0 Å². The molecule has 1 aromatic carbocycles. The Labute approximate surface area is 83.7 Å². The maximum Gasteiger partial charge on any atom is 0.152 e. The first-order chi connectivity index (χ1) is 6.31. The second-order valence-electron chi connectivity index (χ2n) is 2.69. The lowest BCUT2D eigenvalue weighted by Crippen LogP contribution is -1.86. The van der Waals surface area contributed by atoms with Crippen molar-refractivity contribution in [3.63, 3.8) is 0 Å². The predicted octanol–water partition coefficient (Wildman–Crippen LogP) is 2.81. The minimum Gasteiger partial charge on any atom is -0.298 e. The molecule has 1 heterocycles. The van der Waals surface area contributed by atoms with Crippen molar-refractivity contribution in [2.45, 2.75) is 0 Å². The molecule has 2 nitrogen and oxygen atoms in total. The summed E-state index contributed by atoms with van der Waals surface area (Å²) in [5.74, 6) is 0. The summed E-state index contributed by atoms with van der Waals surface area (Å²) < 4.78 is 0.919. The van der Waals surface area contributed by atoms with Gasteiger partial charge in [0.2, 0.25) is 0 Å². The SMILES string of the molecule is O=Cc1cccc2cc(Br)cnc12. The molecule has 0 spiro atoms. The van der Waals surface area contributed by atoms with Crippen LogP contribution in [0.4, 0.5) is 0 Å².